The van der Waals surface area contributed by atoms with E-state index in [1.54, 1.807) is 0 Å². The lowest BCUT2D eigenvalue weighted by molar-refractivity contribution is 0.103. The molecule has 0 aromatic heterocycles. The van der Waals surface area contributed by atoms with Crippen molar-refractivity contribution in [2.45, 2.75) is 71.8 Å². The van der Waals surface area contributed by atoms with Gasteiger partial charge in [-0.05, 0) is 45.4 Å². The van der Waals surface area contributed by atoms with Gasteiger partial charge in [-0.15, -0.1) is 0 Å². The van der Waals surface area contributed by atoms with Gasteiger partial charge in [-0.1, -0.05) is 26.2 Å². The second-order valence-electron chi connectivity index (χ2n) is 6.06. The van der Waals surface area contributed by atoms with Crippen LogP contribution in [0.2, 0.25) is 0 Å². The Hall–Kier alpha value is -0.0400. The molecule has 0 atom stereocenters. The molecule has 0 amide bonds. The summed E-state index contributed by atoms with van der Waals surface area (Å²) in [6, 6.07) is 0. The summed E-state index contributed by atoms with van der Waals surface area (Å²) in [7, 11) is 0. The van der Waals surface area contributed by atoms with Gasteiger partial charge >= 0.3 is 0 Å². The van der Waals surface area contributed by atoms with Crippen molar-refractivity contribution < 1.29 is 0 Å². The third kappa shape index (κ3) is 3.61. The van der Waals surface area contributed by atoms with Crippen LogP contribution in [-0.4, -0.2) is 12.1 Å². The molecule has 1 heteroatoms. The Labute approximate surface area is 89.7 Å². The SMILES string of the molecule is CCCCC1(CNC(C)(C)C)CCC1. The van der Waals surface area contributed by atoms with E-state index in [1.165, 1.54) is 45.1 Å². The Bertz CT molecular complexity index is 163. The third-order valence-corrected chi connectivity index (χ3v) is 3.47. The lowest BCUT2D eigenvalue weighted by Gasteiger charge is -2.44. The summed E-state index contributed by atoms with van der Waals surface area (Å²) < 4.78 is 0. The lowest BCUT2D eigenvalue weighted by atomic mass is 9.65. The smallest absolute Gasteiger partial charge is 0.00967 e. The highest BCUT2D eigenvalue weighted by Crippen LogP contribution is 2.44. The summed E-state index contributed by atoms with van der Waals surface area (Å²) in [5.41, 5.74) is 0.956. The molecule has 84 valence electrons. The van der Waals surface area contributed by atoms with Crippen molar-refractivity contribution in [1.29, 1.82) is 0 Å². The predicted octanol–water partition coefficient (Wildman–Crippen LogP) is 3.74. The van der Waals surface area contributed by atoms with E-state index in [0.717, 1.165) is 0 Å². The fourth-order valence-corrected chi connectivity index (χ4v) is 2.20. The van der Waals surface area contributed by atoms with Gasteiger partial charge in [0.2, 0.25) is 0 Å². The van der Waals surface area contributed by atoms with Crippen LogP contribution in [0.25, 0.3) is 0 Å². The molecule has 14 heavy (non-hydrogen) atoms. The first-order valence-corrected chi connectivity index (χ1v) is 6.22. The Morgan fingerprint density at radius 2 is 1.86 bits per heavy atom. The topological polar surface area (TPSA) is 12.0 Å². The van der Waals surface area contributed by atoms with Gasteiger partial charge in [0, 0.05) is 12.1 Å². The zero-order valence-corrected chi connectivity index (χ0v) is 10.4. The molecule has 0 bridgehead atoms. The zero-order valence-electron chi connectivity index (χ0n) is 10.4. The largest absolute Gasteiger partial charge is 0.312 e. The van der Waals surface area contributed by atoms with E-state index in [-0.39, 0.29) is 5.54 Å². The minimum atomic E-state index is 0.287. The fraction of sp³-hybridized carbons (Fsp3) is 1.00. The molecule has 1 rings (SSSR count). The van der Waals surface area contributed by atoms with E-state index in [4.69, 9.17) is 0 Å². The van der Waals surface area contributed by atoms with Crippen LogP contribution in [0, 0.1) is 5.41 Å². The molecule has 0 aromatic carbocycles. The highest BCUT2D eigenvalue weighted by molar-refractivity contribution is 4.91. The summed E-state index contributed by atoms with van der Waals surface area (Å²) in [5.74, 6) is 0. The summed E-state index contributed by atoms with van der Waals surface area (Å²) in [6.45, 7) is 10.3. The van der Waals surface area contributed by atoms with Crippen molar-refractivity contribution in [3.05, 3.63) is 0 Å². The quantitative estimate of drug-likeness (QED) is 0.708. The standard InChI is InChI=1S/C13H27N/c1-5-6-8-13(9-7-10-13)11-14-12(2,3)4/h14H,5-11H2,1-4H3. The second-order valence-corrected chi connectivity index (χ2v) is 6.06. The normalized spacial score (nSPS) is 20.6. The maximum Gasteiger partial charge on any atom is 0.00967 e. The van der Waals surface area contributed by atoms with Gasteiger partial charge in [0.05, 0.1) is 0 Å². The summed E-state index contributed by atoms with van der Waals surface area (Å²) in [6.07, 6.45) is 8.55. The van der Waals surface area contributed by atoms with Crippen LogP contribution in [0.3, 0.4) is 0 Å². The molecule has 0 saturated heterocycles. The van der Waals surface area contributed by atoms with E-state index in [1.807, 2.05) is 0 Å². The summed E-state index contributed by atoms with van der Waals surface area (Å²) >= 11 is 0. The van der Waals surface area contributed by atoms with E-state index in [9.17, 15) is 0 Å². The van der Waals surface area contributed by atoms with Gasteiger partial charge in [0.15, 0.2) is 0 Å². The molecule has 1 nitrogen and oxygen atoms in total. The highest BCUT2D eigenvalue weighted by Gasteiger charge is 2.36. The van der Waals surface area contributed by atoms with Crippen LogP contribution < -0.4 is 5.32 Å². The van der Waals surface area contributed by atoms with Gasteiger partial charge in [-0.2, -0.15) is 0 Å². The molecule has 1 aliphatic carbocycles. The van der Waals surface area contributed by atoms with Crippen LogP contribution >= 0.6 is 0 Å². The first kappa shape index (κ1) is 12.0. The van der Waals surface area contributed by atoms with Crippen LogP contribution in [0.15, 0.2) is 0 Å². The third-order valence-electron chi connectivity index (χ3n) is 3.47. The average Bonchev–Trinajstić information content (AvgIpc) is 2.00. The van der Waals surface area contributed by atoms with Gasteiger partial charge in [-0.3, -0.25) is 0 Å². The van der Waals surface area contributed by atoms with Gasteiger partial charge in [0.1, 0.15) is 0 Å². The first-order valence-electron chi connectivity index (χ1n) is 6.22. The number of rotatable bonds is 5. The van der Waals surface area contributed by atoms with Crippen molar-refractivity contribution in [3.8, 4) is 0 Å². The van der Waals surface area contributed by atoms with E-state index >= 15 is 0 Å². The fourth-order valence-electron chi connectivity index (χ4n) is 2.20. The Morgan fingerprint density at radius 3 is 2.21 bits per heavy atom. The predicted molar refractivity (Wildman–Crippen MR) is 63.6 cm³/mol. The van der Waals surface area contributed by atoms with E-state index < -0.39 is 0 Å². The first-order chi connectivity index (χ1) is 6.47. The van der Waals surface area contributed by atoms with Crippen molar-refractivity contribution >= 4 is 0 Å². The molecular weight excluding hydrogens is 170 g/mol. The van der Waals surface area contributed by atoms with Crippen LogP contribution in [-0.2, 0) is 0 Å². The van der Waals surface area contributed by atoms with Gasteiger partial charge < -0.3 is 5.32 Å². The van der Waals surface area contributed by atoms with Gasteiger partial charge in [-0.25, -0.2) is 0 Å². The Balaban J connectivity index is 2.30. The highest BCUT2D eigenvalue weighted by atomic mass is 15.0. The zero-order chi connectivity index (χ0) is 10.7. The molecule has 0 aliphatic heterocycles. The summed E-state index contributed by atoms with van der Waals surface area (Å²) in [4.78, 5) is 0. The van der Waals surface area contributed by atoms with Crippen LogP contribution in [0.1, 0.15) is 66.2 Å². The maximum atomic E-state index is 3.67. The number of hydrogen-bond donors (Lipinski definition) is 1. The minimum Gasteiger partial charge on any atom is -0.312 e. The van der Waals surface area contributed by atoms with Crippen LogP contribution in [0.4, 0.5) is 0 Å². The molecule has 1 aliphatic rings. The van der Waals surface area contributed by atoms with E-state index in [2.05, 4.69) is 33.0 Å². The lowest BCUT2D eigenvalue weighted by Crippen LogP contribution is -2.46. The Kier molecular flexibility index (Phi) is 4.00. The average molecular weight is 197 g/mol. The second kappa shape index (κ2) is 4.65. The molecular formula is C13H27N. The number of nitrogens with one attached hydrogen (secondary N) is 1. The molecule has 0 aromatic rings. The van der Waals surface area contributed by atoms with Crippen molar-refractivity contribution in [1.82, 2.24) is 5.32 Å². The number of unbranched alkanes of at least 4 members (excludes halogenated alkanes) is 1. The molecule has 0 spiro atoms. The van der Waals surface area contributed by atoms with Crippen molar-refractivity contribution in [2.24, 2.45) is 5.41 Å². The molecule has 0 unspecified atom stereocenters. The number of hydrogen-bond acceptors (Lipinski definition) is 1. The van der Waals surface area contributed by atoms with Crippen molar-refractivity contribution in [3.63, 3.8) is 0 Å². The van der Waals surface area contributed by atoms with Crippen molar-refractivity contribution in [2.75, 3.05) is 6.54 Å². The van der Waals surface area contributed by atoms with Crippen LogP contribution in [0.5, 0.6) is 0 Å². The molecule has 0 heterocycles. The van der Waals surface area contributed by atoms with Gasteiger partial charge in [0.25, 0.3) is 0 Å². The Morgan fingerprint density at radius 1 is 1.21 bits per heavy atom. The summed E-state index contributed by atoms with van der Waals surface area (Å²) in [5, 5.41) is 3.67. The molecule has 1 saturated carbocycles. The van der Waals surface area contributed by atoms with E-state index in [0.29, 0.717) is 5.41 Å². The molecule has 1 fully saturated rings. The monoisotopic (exact) mass is 197 g/mol. The molecule has 1 N–H and O–H groups in total. The minimum absolute atomic E-state index is 0.287. The molecule has 0 radical (unpaired) electrons. The maximum absolute atomic E-state index is 3.67.